The second kappa shape index (κ2) is 7.95. The van der Waals surface area contributed by atoms with E-state index >= 15 is 0 Å². The zero-order valence-electron chi connectivity index (χ0n) is 16.9. The van der Waals surface area contributed by atoms with Crippen LogP contribution in [0, 0.1) is 5.82 Å². The molecule has 1 unspecified atom stereocenters. The number of pyridine rings is 1. The SMILES string of the molecule is CCN(CC)C(=O)c1ccc(C2=CC3(CCCNC3)Oc3ccc(F)cc32)nc1. The average molecular weight is 395 g/mol. The van der Waals surface area contributed by atoms with Gasteiger partial charge in [0, 0.05) is 37.0 Å². The number of fused-ring (bicyclic) bond motifs is 1. The minimum atomic E-state index is -0.462. The van der Waals surface area contributed by atoms with Crippen molar-refractivity contribution in [2.75, 3.05) is 26.2 Å². The summed E-state index contributed by atoms with van der Waals surface area (Å²) in [4.78, 5) is 18.9. The number of ether oxygens (including phenoxy) is 1. The number of rotatable bonds is 4. The largest absolute Gasteiger partial charge is 0.481 e. The molecule has 0 radical (unpaired) electrons. The third-order valence-electron chi connectivity index (χ3n) is 5.67. The molecular formula is C23H26FN3O2. The second-order valence-corrected chi connectivity index (χ2v) is 7.56. The molecule has 1 atom stereocenters. The van der Waals surface area contributed by atoms with Gasteiger partial charge in [0.25, 0.3) is 5.91 Å². The van der Waals surface area contributed by atoms with E-state index in [2.05, 4.69) is 16.4 Å². The Morgan fingerprint density at radius 1 is 1.28 bits per heavy atom. The Kier molecular flexibility index (Phi) is 5.37. The lowest BCUT2D eigenvalue weighted by Crippen LogP contribution is -2.49. The maximum absolute atomic E-state index is 14.0. The average Bonchev–Trinajstić information content (AvgIpc) is 2.75. The van der Waals surface area contributed by atoms with Gasteiger partial charge in [-0.15, -0.1) is 0 Å². The Bertz CT molecular complexity index is 930. The highest BCUT2D eigenvalue weighted by Gasteiger charge is 2.37. The first-order valence-electron chi connectivity index (χ1n) is 10.2. The molecule has 1 aromatic carbocycles. The van der Waals surface area contributed by atoms with Crippen LogP contribution in [-0.2, 0) is 0 Å². The van der Waals surface area contributed by atoms with E-state index in [4.69, 9.17) is 4.74 Å². The van der Waals surface area contributed by atoms with Crippen LogP contribution in [0.3, 0.4) is 0 Å². The molecule has 1 amide bonds. The number of piperidine rings is 1. The third kappa shape index (κ3) is 3.77. The van der Waals surface area contributed by atoms with Gasteiger partial charge in [0.15, 0.2) is 0 Å². The number of hydrogen-bond acceptors (Lipinski definition) is 4. The molecule has 6 heteroatoms. The molecule has 0 bridgehead atoms. The fraction of sp³-hybridized carbons (Fsp3) is 0.391. The summed E-state index contributed by atoms with van der Waals surface area (Å²) < 4.78 is 20.3. The topological polar surface area (TPSA) is 54.5 Å². The van der Waals surface area contributed by atoms with E-state index in [1.807, 2.05) is 19.9 Å². The molecule has 2 aromatic rings. The molecule has 2 aliphatic heterocycles. The van der Waals surface area contributed by atoms with E-state index in [1.54, 1.807) is 23.2 Å². The summed E-state index contributed by atoms with van der Waals surface area (Å²) in [6, 6.07) is 8.23. The van der Waals surface area contributed by atoms with Crippen LogP contribution in [0.25, 0.3) is 5.57 Å². The maximum atomic E-state index is 14.0. The number of hydrogen-bond donors (Lipinski definition) is 1. The van der Waals surface area contributed by atoms with Crippen molar-refractivity contribution in [3.05, 3.63) is 65.2 Å². The number of nitrogens with one attached hydrogen (secondary N) is 1. The lowest BCUT2D eigenvalue weighted by atomic mass is 9.85. The Hall–Kier alpha value is -2.73. The molecular weight excluding hydrogens is 369 g/mol. The number of aromatic nitrogens is 1. The van der Waals surface area contributed by atoms with Crippen LogP contribution >= 0.6 is 0 Å². The summed E-state index contributed by atoms with van der Waals surface area (Å²) in [7, 11) is 0. The maximum Gasteiger partial charge on any atom is 0.255 e. The quantitative estimate of drug-likeness (QED) is 0.859. The van der Waals surface area contributed by atoms with Crippen molar-refractivity contribution in [1.29, 1.82) is 0 Å². The minimum absolute atomic E-state index is 0.0330. The third-order valence-corrected chi connectivity index (χ3v) is 5.67. The number of amides is 1. The summed E-state index contributed by atoms with van der Waals surface area (Å²) in [5, 5.41) is 3.39. The summed E-state index contributed by atoms with van der Waals surface area (Å²) in [6.45, 7) is 6.89. The van der Waals surface area contributed by atoms with Crippen molar-refractivity contribution in [1.82, 2.24) is 15.2 Å². The van der Waals surface area contributed by atoms with E-state index in [9.17, 15) is 9.18 Å². The first-order chi connectivity index (χ1) is 14.0. The van der Waals surface area contributed by atoms with Crippen molar-refractivity contribution in [2.24, 2.45) is 0 Å². The van der Waals surface area contributed by atoms with Crippen molar-refractivity contribution < 1.29 is 13.9 Å². The monoisotopic (exact) mass is 395 g/mol. The minimum Gasteiger partial charge on any atom is -0.481 e. The van der Waals surface area contributed by atoms with Crippen molar-refractivity contribution >= 4 is 11.5 Å². The summed E-state index contributed by atoms with van der Waals surface area (Å²) in [5.41, 5.74) is 2.34. The summed E-state index contributed by atoms with van der Waals surface area (Å²) in [6.07, 6.45) is 5.57. The van der Waals surface area contributed by atoms with Gasteiger partial charge in [-0.3, -0.25) is 9.78 Å². The van der Waals surface area contributed by atoms with Crippen LogP contribution in [0.2, 0.25) is 0 Å². The van der Waals surface area contributed by atoms with Gasteiger partial charge in [-0.2, -0.15) is 0 Å². The Morgan fingerprint density at radius 2 is 2.10 bits per heavy atom. The van der Waals surface area contributed by atoms with Crippen LogP contribution in [0.1, 0.15) is 48.3 Å². The molecule has 152 valence electrons. The van der Waals surface area contributed by atoms with Gasteiger partial charge in [-0.1, -0.05) is 0 Å². The molecule has 4 rings (SSSR count). The van der Waals surface area contributed by atoms with Gasteiger partial charge in [0.1, 0.15) is 17.2 Å². The van der Waals surface area contributed by atoms with E-state index in [1.165, 1.54) is 12.1 Å². The van der Waals surface area contributed by atoms with Crippen LogP contribution in [0.5, 0.6) is 5.75 Å². The fourth-order valence-electron chi connectivity index (χ4n) is 4.09. The highest BCUT2D eigenvalue weighted by Crippen LogP contribution is 2.41. The molecule has 1 spiro atoms. The summed E-state index contributed by atoms with van der Waals surface area (Å²) in [5.74, 6) is 0.316. The first kappa shape index (κ1) is 19.6. The van der Waals surface area contributed by atoms with E-state index in [-0.39, 0.29) is 11.7 Å². The number of halogens is 1. The Balaban J connectivity index is 1.73. The smallest absolute Gasteiger partial charge is 0.255 e. The molecule has 1 saturated heterocycles. The van der Waals surface area contributed by atoms with Crippen molar-refractivity contribution in [3.8, 4) is 5.75 Å². The van der Waals surface area contributed by atoms with Crippen molar-refractivity contribution in [2.45, 2.75) is 32.3 Å². The molecule has 1 fully saturated rings. The predicted molar refractivity (Wildman–Crippen MR) is 110 cm³/mol. The highest BCUT2D eigenvalue weighted by molar-refractivity contribution is 5.94. The zero-order chi connectivity index (χ0) is 20.4. The Labute approximate surface area is 170 Å². The molecule has 5 nitrogen and oxygen atoms in total. The van der Waals surface area contributed by atoms with Gasteiger partial charge in [0.2, 0.25) is 0 Å². The molecule has 1 aromatic heterocycles. The van der Waals surface area contributed by atoms with Crippen molar-refractivity contribution in [3.63, 3.8) is 0 Å². The Morgan fingerprint density at radius 3 is 2.76 bits per heavy atom. The molecule has 0 aliphatic carbocycles. The van der Waals surface area contributed by atoms with Crippen LogP contribution in [0.4, 0.5) is 4.39 Å². The van der Waals surface area contributed by atoms with E-state index < -0.39 is 5.60 Å². The van der Waals surface area contributed by atoms with Gasteiger partial charge >= 0.3 is 0 Å². The number of benzene rings is 1. The summed E-state index contributed by atoms with van der Waals surface area (Å²) >= 11 is 0. The number of nitrogens with zero attached hydrogens (tertiary/aromatic N) is 2. The first-order valence-corrected chi connectivity index (χ1v) is 10.2. The van der Waals surface area contributed by atoms with E-state index in [0.717, 1.165) is 25.0 Å². The standard InChI is InChI=1S/C23H26FN3O2/c1-3-27(4-2)22(28)16-6-8-20(26-14-16)19-13-23(10-5-11-25-15-23)29-21-9-7-17(24)12-18(19)21/h6-9,12-14,25H,3-5,10-11,15H2,1-2H3. The predicted octanol–water partition coefficient (Wildman–Crippen LogP) is 3.65. The molecule has 0 saturated carbocycles. The van der Waals surface area contributed by atoms with Crippen LogP contribution < -0.4 is 10.1 Å². The zero-order valence-corrected chi connectivity index (χ0v) is 16.9. The fourth-order valence-corrected chi connectivity index (χ4v) is 4.09. The van der Waals surface area contributed by atoms with Gasteiger partial charge < -0.3 is 15.0 Å². The molecule has 2 aliphatic rings. The lowest BCUT2D eigenvalue weighted by Gasteiger charge is -2.39. The number of carbonyl (C=O) groups excluding carboxylic acids is 1. The van der Waals surface area contributed by atoms with Gasteiger partial charge in [-0.25, -0.2) is 4.39 Å². The lowest BCUT2D eigenvalue weighted by molar-refractivity contribution is 0.0772. The molecule has 3 heterocycles. The van der Waals surface area contributed by atoms with Gasteiger partial charge in [-0.05, 0) is 69.6 Å². The number of carbonyl (C=O) groups is 1. The van der Waals surface area contributed by atoms with Crippen LogP contribution in [0.15, 0.2) is 42.6 Å². The van der Waals surface area contributed by atoms with E-state index in [0.29, 0.717) is 42.2 Å². The molecule has 29 heavy (non-hydrogen) atoms. The highest BCUT2D eigenvalue weighted by atomic mass is 19.1. The normalized spacial score (nSPS) is 20.6. The second-order valence-electron chi connectivity index (χ2n) is 7.56. The van der Waals surface area contributed by atoms with Crippen LogP contribution in [-0.4, -0.2) is 47.6 Å². The van der Waals surface area contributed by atoms with Gasteiger partial charge in [0.05, 0.1) is 11.3 Å². The molecule has 1 N–H and O–H groups in total.